The van der Waals surface area contributed by atoms with E-state index >= 15 is 0 Å². The van der Waals surface area contributed by atoms with Crippen molar-refractivity contribution in [3.05, 3.63) is 27.3 Å². The number of amides is 1. The Bertz CT molecular complexity index is 611. The van der Waals surface area contributed by atoms with Crippen LogP contribution in [0.15, 0.2) is 18.2 Å². The lowest BCUT2D eigenvalue weighted by Crippen LogP contribution is -2.56. The molecule has 4 nitrogen and oxygen atoms in total. The molecular formula is C16H21Cl3IN3OS. The van der Waals surface area contributed by atoms with E-state index in [1.807, 2.05) is 25.1 Å². The largest absolute Gasteiger partial charge is 0.339 e. The second kappa shape index (κ2) is 11.0. The van der Waals surface area contributed by atoms with Gasteiger partial charge in [0.1, 0.15) is 6.17 Å². The van der Waals surface area contributed by atoms with Crippen LogP contribution >= 0.6 is 69.6 Å². The van der Waals surface area contributed by atoms with Crippen LogP contribution in [0.2, 0.25) is 0 Å². The average molecular weight is 537 g/mol. The van der Waals surface area contributed by atoms with Crippen molar-refractivity contribution in [3.63, 3.8) is 0 Å². The fraction of sp³-hybridized carbons (Fsp3) is 0.500. The number of alkyl halides is 3. The summed E-state index contributed by atoms with van der Waals surface area (Å²) in [5.74, 6) is -0.189. The molecule has 0 saturated carbocycles. The van der Waals surface area contributed by atoms with Gasteiger partial charge >= 0.3 is 0 Å². The van der Waals surface area contributed by atoms with Crippen LogP contribution in [0.25, 0.3) is 0 Å². The van der Waals surface area contributed by atoms with Crippen LogP contribution in [0.1, 0.15) is 38.2 Å². The number of unbranched alkanes of at least 4 members (excludes halogenated alkanes) is 2. The van der Waals surface area contributed by atoms with Crippen LogP contribution in [0.3, 0.4) is 0 Å². The van der Waals surface area contributed by atoms with Gasteiger partial charge in [-0.05, 0) is 71.9 Å². The van der Waals surface area contributed by atoms with Crippen molar-refractivity contribution in [2.24, 2.45) is 0 Å². The Labute approximate surface area is 182 Å². The zero-order chi connectivity index (χ0) is 19.0. The molecule has 25 heavy (non-hydrogen) atoms. The summed E-state index contributed by atoms with van der Waals surface area (Å²) in [6.45, 7) is 4.04. The number of benzene rings is 1. The van der Waals surface area contributed by atoms with E-state index in [0.29, 0.717) is 6.42 Å². The average Bonchev–Trinajstić information content (AvgIpc) is 2.49. The first kappa shape index (κ1) is 23.0. The molecule has 9 heteroatoms. The maximum atomic E-state index is 12.0. The fourth-order valence-corrected chi connectivity index (χ4v) is 3.23. The van der Waals surface area contributed by atoms with Gasteiger partial charge in [-0.25, -0.2) is 0 Å². The number of carbonyl (C=O) groups is 1. The molecule has 1 aromatic carbocycles. The second-order valence-electron chi connectivity index (χ2n) is 5.56. The highest BCUT2D eigenvalue weighted by Crippen LogP contribution is 2.29. The first-order valence-corrected chi connectivity index (χ1v) is 10.4. The number of halogens is 4. The third-order valence-corrected chi connectivity index (χ3v) is 4.90. The highest BCUT2D eigenvalue weighted by atomic mass is 127. The molecule has 0 radical (unpaired) electrons. The first-order chi connectivity index (χ1) is 11.6. The molecule has 0 fully saturated rings. The third-order valence-electron chi connectivity index (χ3n) is 3.35. The summed E-state index contributed by atoms with van der Waals surface area (Å²) in [5, 5.41) is 8.86. The van der Waals surface area contributed by atoms with Gasteiger partial charge in [0.15, 0.2) is 5.11 Å². The number of anilines is 1. The van der Waals surface area contributed by atoms with Gasteiger partial charge < -0.3 is 16.0 Å². The molecule has 1 aromatic rings. The van der Waals surface area contributed by atoms with E-state index in [-0.39, 0.29) is 11.0 Å². The molecule has 1 amide bonds. The van der Waals surface area contributed by atoms with Crippen molar-refractivity contribution in [1.82, 2.24) is 10.6 Å². The number of rotatable bonds is 7. The molecule has 1 rings (SSSR count). The second-order valence-corrected chi connectivity index (χ2v) is 9.58. The van der Waals surface area contributed by atoms with Crippen LogP contribution in [0, 0.1) is 10.5 Å². The molecule has 0 bridgehead atoms. The summed E-state index contributed by atoms with van der Waals surface area (Å²) in [5.41, 5.74) is 1.88. The van der Waals surface area contributed by atoms with Gasteiger partial charge in [-0.2, -0.15) is 0 Å². The van der Waals surface area contributed by atoms with E-state index in [9.17, 15) is 4.79 Å². The Hall–Kier alpha value is -0.0200. The lowest BCUT2D eigenvalue weighted by molar-refractivity contribution is -0.122. The van der Waals surface area contributed by atoms with Crippen molar-refractivity contribution in [2.45, 2.75) is 49.5 Å². The molecule has 0 heterocycles. The van der Waals surface area contributed by atoms with E-state index in [4.69, 9.17) is 47.0 Å². The van der Waals surface area contributed by atoms with Gasteiger partial charge in [-0.15, -0.1) is 0 Å². The minimum atomic E-state index is -1.74. The Kier molecular flexibility index (Phi) is 10.1. The molecule has 0 aliphatic heterocycles. The van der Waals surface area contributed by atoms with Crippen LogP contribution < -0.4 is 16.0 Å². The zero-order valence-electron chi connectivity index (χ0n) is 14.0. The Balaban J connectivity index is 2.68. The van der Waals surface area contributed by atoms with Crippen molar-refractivity contribution in [1.29, 1.82) is 0 Å². The van der Waals surface area contributed by atoms with E-state index in [1.54, 1.807) is 0 Å². The smallest absolute Gasteiger partial charge is 0.228 e. The number of thiocarbonyl (C=S) groups is 1. The lowest BCUT2D eigenvalue weighted by atomic mass is 10.2. The van der Waals surface area contributed by atoms with Gasteiger partial charge in [0.2, 0.25) is 9.70 Å². The minimum absolute atomic E-state index is 0.189. The van der Waals surface area contributed by atoms with Gasteiger partial charge in [-0.1, -0.05) is 54.6 Å². The first-order valence-electron chi connectivity index (χ1n) is 7.83. The van der Waals surface area contributed by atoms with Crippen LogP contribution in [-0.4, -0.2) is 21.0 Å². The van der Waals surface area contributed by atoms with Crippen LogP contribution in [0.4, 0.5) is 5.69 Å². The minimum Gasteiger partial charge on any atom is -0.339 e. The summed E-state index contributed by atoms with van der Waals surface area (Å²) in [4.78, 5) is 12.0. The Morgan fingerprint density at radius 2 is 1.96 bits per heavy atom. The molecule has 0 aliphatic rings. The maximum Gasteiger partial charge on any atom is 0.228 e. The van der Waals surface area contributed by atoms with Crippen molar-refractivity contribution in [3.8, 4) is 0 Å². The van der Waals surface area contributed by atoms with Crippen LogP contribution in [-0.2, 0) is 4.79 Å². The van der Waals surface area contributed by atoms with Gasteiger partial charge in [-0.3, -0.25) is 4.79 Å². The number of hydrogen-bond acceptors (Lipinski definition) is 2. The van der Waals surface area contributed by atoms with E-state index in [0.717, 1.165) is 34.1 Å². The molecule has 0 aromatic heterocycles. The summed E-state index contributed by atoms with van der Waals surface area (Å²) in [6, 6.07) is 5.90. The van der Waals surface area contributed by atoms with E-state index < -0.39 is 9.96 Å². The summed E-state index contributed by atoms with van der Waals surface area (Å²) >= 11 is 25.4. The number of aryl methyl sites for hydroxylation is 1. The number of carbonyl (C=O) groups excluding carboxylic acids is 1. The molecule has 0 aliphatic carbocycles. The molecule has 1 unspecified atom stereocenters. The highest BCUT2D eigenvalue weighted by Gasteiger charge is 2.34. The van der Waals surface area contributed by atoms with Crippen molar-refractivity contribution < 1.29 is 4.79 Å². The number of nitrogens with one attached hydrogen (secondary N) is 3. The lowest BCUT2D eigenvalue weighted by Gasteiger charge is -2.28. The van der Waals surface area contributed by atoms with Gasteiger partial charge in [0.05, 0.1) is 0 Å². The molecule has 140 valence electrons. The predicted molar refractivity (Wildman–Crippen MR) is 120 cm³/mol. The van der Waals surface area contributed by atoms with Gasteiger partial charge in [0.25, 0.3) is 0 Å². The molecule has 0 saturated heterocycles. The summed E-state index contributed by atoms with van der Waals surface area (Å²) in [7, 11) is 0. The third kappa shape index (κ3) is 8.95. The quantitative estimate of drug-likeness (QED) is 0.146. The molecular weight excluding hydrogens is 516 g/mol. The monoisotopic (exact) mass is 535 g/mol. The van der Waals surface area contributed by atoms with Crippen molar-refractivity contribution >= 4 is 86.3 Å². The summed E-state index contributed by atoms with van der Waals surface area (Å²) in [6.07, 6.45) is 2.24. The van der Waals surface area contributed by atoms with Crippen LogP contribution in [0.5, 0.6) is 0 Å². The Morgan fingerprint density at radius 1 is 1.28 bits per heavy atom. The van der Waals surface area contributed by atoms with Crippen molar-refractivity contribution in [2.75, 3.05) is 5.32 Å². The topological polar surface area (TPSA) is 53.2 Å². The zero-order valence-corrected chi connectivity index (χ0v) is 19.2. The standard InChI is InChI=1S/C16H21Cl3IN3OS/c1-3-4-5-6-13(24)22-14(16(17,18)19)23-15(25)21-12-8-7-11(20)9-10(12)2/h7-9,14H,3-6H2,1-2H3,(H,22,24)(H2,21,23,25). The van der Waals surface area contributed by atoms with E-state index in [1.165, 1.54) is 0 Å². The normalized spacial score (nSPS) is 12.4. The van der Waals surface area contributed by atoms with Gasteiger partial charge in [0, 0.05) is 15.7 Å². The molecule has 0 spiro atoms. The highest BCUT2D eigenvalue weighted by molar-refractivity contribution is 14.1. The number of hydrogen-bond donors (Lipinski definition) is 3. The summed E-state index contributed by atoms with van der Waals surface area (Å²) < 4.78 is -0.620. The fourth-order valence-electron chi connectivity index (χ4n) is 2.03. The van der Waals surface area contributed by atoms with E-state index in [2.05, 4.69) is 45.5 Å². The molecule has 1 atom stereocenters. The molecule has 3 N–H and O–H groups in total. The maximum absolute atomic E-state index is 12.0. The SMILES string of the molecule is CCCCCC(=O)NC(NC(=S)Nc1ccc(I)cc1C)C(Cl)(Cl)Cl. The predicted octanol–water partition coefficient (Wildman–Crippen LogP) is 5.28. The Morgan fingerprint density at radius 3 is 2.52 bits per heavy atom.